The normalized spacial score (nSPS) is 16.1. The van der Waals surface area contributed by atoms with E-state index in [4.69, 9.17) is 0 Å². The minimum absolute atomic E-state index is 0.0249. The highest BCUT2D eigenvalue weighted by atomic mass is 79.9. The predicted molar refractivity (Wildman–Crippen MR) is 79.1 cm³/mol. The first-order valence-corrected chi connectivity index (χ1v) is 7.21. The molecule has 106 valence electrons. The number of carbonyl (C=O) groups is 1. The van der Waals surface area contributed by atoms with E-state index in [1.54, 1.807) is 6.92 Å². The molecule has 0 amide bonds. The summed E-state index contributed by atoms with van der Waals surface area (Å²) in [7, 11) is 0. The van der Waals surface area contributed by atoms with E-state index in [-0.39, 0.29) is 12.3 Å². The lowest BCUT2D eigenvalue weighted by molar-refractivity contribution is -0.144. The SMILES string of the molecule is CC(C)C(C)(O)CC(Cc1cccc(Br)c1)C(=O)O. The summed E-state index contributed by atoms with van der Waals surface area (Å²) < 4.78 is 0.935. The van der Waals surface area contributed by atoms with Gasteiger partial charge in [-0.1, -0.05) is 41.9 Å². The summed E-state index contributed by atoms with van der Waals surface area (Å²) in [5, 5.41) is 19.6. The quantitative estimate of drug-likeness (QED) is 0.840. The molecule has 4 heteroatoms. The molecular weight excluding hydrogens is 308 g/mol. The number of aliphatic hydroxyl groups is 1. The van der Waals surface area contributed by atoms with E-state index < -0.39 is 17.5 Å². The first kappa shape index (κ1) is 16.2. The fourth-order valence-corrected chi connectivity index (χ4v) is 2.38. The van der Waals surface area contributed by atoms with Crippen LogP contribution >= 0.6 is 15.9 Å². The Morgan fingerprint density at radius 3 is 2.53 bits per heavy atom. The molecule has 0 fully saturated rings. The second-order valence-corrected chi connectivity index (χ2v) is 6.50. The highest BCUT2D eigenvalue weighted by Crippen LogP contribution is 2.27. The lowest BCUT2D eigenvalue weighted by Gasteiger charge is -2.30. The summed E-state index contributed by atoms with van der Waals surface area (Å²) in [4.78, 5) is 11.4. The minimum Gasteiger partial charge on any atom is -0.481 e. The van der Waals surface area contributed by atoms with E-state index in [2.05, 4.69) is 15.9 Å². The van der Waals surface area contributed by atoms with Crippen molar-refractivity contribution in [1.82, 2.24) is 0 Å². The van der Waals surface area contributed by atoms with Crippen LogP contribution in [0.4, 0.5) is 0 Å². The zero-order valence-electron chi connectivity index (χ0n) is 11.6. The predicted octanol–water partition coefficient (Wildman–Crippen LogP) is 3.49. The third kappa shape index (κ3) is 4.96. The number of benzene rings is 1. The number of hydrogen-bond acceptors (Lipinski definition) is 2. The lowest BCUT2D eigenvalue weighted by atomic mass is 9.81. The highest BCUT2D eigenvalue weighted by Gasteiger charge is 2.32. The van der Waals surface area contributed by atoms with Gasteiger partial charge in [0.2, 0.25) is 0 Å². The molecule has 0 spiro atoms. The standard InChI is InChI=1S/C15H21BrO3/c1-10(2)15(3,19)9-12(14(17)18)7-11-5-4-6-13(16)8-11/h4-6,8,10,12,19H,7,9H2,1-3H3,(H,17,18). The van der Waals surface area contributed by atoms with E-state index in [1.807, 2.05) is 38.1 Å². The number of halogens is 1. The number of hydrogen-bond donors (Lipinski definition) is 2. The highest BCUT2D eigenvalue weighted by molar-refractivity contribution is 9.10. The van der Waals surface area contributed by atoms with Crippen LogP contribution in [0.1, 0.15) is 32.8 Å². The van der Waals surface area contributed by atoms with Crippen LogP contribution in [0.15, 0.2) is 28.7 Å². The summed E-state index contributed by atoms with van der Waals surface area (Å²) >= 11 is 3.38. The van der Waals surface area contributed by atoms with Gasteiger partial charge in [-0.15, -0.1) is 0 Å². The molecule has 1 rings (SSSR count). The molecule has 0 radical (unpaired) electrons. The van der Waals surface area contributed by atoms with Gasteiger partial charge in [-0.25, -0.2) is 0 Å². The van der Waals surface area contributed by atoms with Gasteiger partial charge in [0.05, 0.1) is 11.5 Å². The molecule has 2 unspecified atom stereocenters. The summed E-state index contributed by atoms with van der Waals surface area (Å²) in [6, 6.07) is 7.62. The van der Waals surface area contributed by atoms with Gasteiger partial charge in [0.1, 0.15) is 0 Å². The molecule has 0 heterocycles. The first-order chi connectivity index (χ1) is 8.72. The summed E-state index contributed by atoms with van der Waals surface area (Å²) in [5.74, 6) is -1.41. The Balaban J connectivity index is 2.82. The van der Waals surface area contributed by atoms with E-state index in [9.17, 15) is 15.0 Å². The fourth-order valence-electron chi connectivity index (χ4n) is 1.93. The second-order valence-electron chi connectivity index (χ2n) is 5.59. The number of carboxylic acids is 1. The molecule has 3 nitrogen and oxygen atoms in total. The molecule has 2 atom stereocenters. The number of carboxylic acid groups (broad SMARTS) is 1. The summed E-state index contributed by atoms with van der Waals surface area (Å²) in [6.45, 7) is 5.50. The fraction of sp³-hybridized carbons (Fsp3) is 0.533. The third-order valence-corrected chi connectivity index (χ3v) is 4.12. The second kappa shape index (κ2) is 6.53. The van der Waals surface area contributed by atoms with Crippen molar-refractivity contribution in [3.8, 4) is 0 Å². The van der Waals surface area contributed by atoms with Crippen molar-refractivity contribution >= 4 is 21.9 Å². The molecule has 0 aliphatic carbocycles. The van der Waals surface area contributed by atoms with Gasteiger partial charge in [-0.2, -0.15) is 0 Å². The zero-order chi connectivity index (χ0) is 14.6. The van der Waals surface area contributed by atoms with Crippen molar-refractivity contribution in [2.75, 3.05) is 0 Å². The molecule has 2 N–H and O–H groups in total. The van der Waals surface area contributed by atoms with Crippen LogP contribution in [0, 0.1) is 11.8 Å². The topological polar surface area (TPSA) is 57.5 Å². The molecule has 0 aliphatic heterocycles. The van der Waals surface area contributed by atoms with Gasteiger partial charge in [0.15, 0.2) is 0 Å². The Morgan fingerprint density at radius 2 is 2.05 bits per heavy atom. The van der Waals surface area contributed by atoms with Crippen LogP contribution in [0.25, 0.3) is 0 Å². The molecule has 0 aliphatic rings. The Labute approximate surface area is 122 Å². The maximum atomic E-state index is 11.4. The lowest BCUT2D eigenvalue weighted by Crippen LogP contribution is -2.36. The molecule has 19 heavy (non-hydrogen) atoms. The van der Waals surface area contributed by atoms with Crippen LogP contribution in [0.2, 0.25) is 0 Å². The Morgan fingerprint density at radius 1 is 1.42 bits per heavy atom. The van der Waals surface area contributed by atoms with Gasteiger partial charge in [0.25, 0.3) is 0 Å². The van der Waals surface area contributed by atoms with Crippen LogP contribution in [-0.2, 0) is 11.2 Å². The summed E-state index contributed by atoms with van der Waals surface area (Å²) in [6.07, 6.45) is 0.685. The van der Waals surface area contributed by atoms with Gasteiger partial charge in [0, 0.05) is 4.47 Å². The molecule has 0 bridgehead atoms. The van der Waals surface area contributed by atoms with Gasteiger partial charge in [-0.3, -0.25) is 4.79 Å². The zero-order valence-corrected chi connectivity index (χ0v) is 13.1. The van der Waals surface area contributed by atoms with Crippen LogP contribution in [0.5, 0.6) is 0 Å². The Bertz CT molecular complexity index is 441. The Kier molecular flexibility index (Phi) is 5.56. The van der Waals surface area contributed by atoms with E-state index in [1.165, 1.54) is 0 Å². The van der Waals surface area contributed by atoms with Crippen molar-refractivity contribution in [3.05, 3.63) is 34.3 Å². The smallest absolute Gasteiger partial charge is 0.306 e. The van der Waals surface area contributed by atoms with E-state index in [0.717, 1.165) is 10.0 Å². The van der Waals surface area contributed by atoms with Crippen LogP contribution in [0.3, 0.4) is 0 Å². The average molecular weight is 329 g/mol. The first-order valence-electron chi connectivity index (χ1n) is 6.42. The van der Waals surface area contributed by atoms with Gasteiger partial charge < -0.3 is 10.2 Å². The Hall–Kier alpha value is -0.870. The van der Waals surface area contributed by atoms with Crippen molar-refractivity contribution < 1.29 is 15.0 Å². The maximum absolute atomic E-state index is 11.4. The monoisotopic (exact) mass is 328 g/mol. The van der Waals surface area contributed by atoms with Crippen molar-refractivity contribution in [3.63, 3.8) is 0 Å². The molecular formula is C15H21BrO3. The van der Waals surface area contributed by atoms with Crippen LogP contribution < -0.4 is 0 Å². The molecule has 0 aromatic heterocycles. The van der Waals surface area contributed by atoms with Crippen molar-refractivity contribution in [2.24, 2.45) is 11.8 Å². The average Bonchev–Trinajstić information content (AvgIpc) is 2.27. The molecule has 0 saturated carbocycles. The number of rotatable bonds is 6. The van der Waals surface area contributed by atoms with E-state index in [0.29, 0.717) is 6.42 Å². The van der Waals surface area contributed by atoms with E-state index >= 15 is 0 Å². The molecule has 0 saturated heterocycles. The largest absolute Gasteiger partial charge is 0.481 e. The van der Waals surface area contributed by atoms with Crippen molar-refractivity contribution in [2.45, 2.75) is 39.2 Å². The minimum atomic E-state index is -0.963. The molecule has 1 aromatic carbocycles. The maximum Gasteiger partial charge on any atom is 0.306 e. The van der Waals surface area contributed by atoms with Gasteiger partial charge in [-0.05, 0) is 43.4 Å². The van der Waals surface area contributed by atoms with Crippen molar-refractivity contribution in [1.29, 1.82) is 0 Å². The summed E-state index contributed by atoms with van der Waals surface area (Å²) in [5.41, 5.74) is -0.00366. The van der Waals surface area contributed by atoms with Crippen LogP contribution in [-0.4, -0.2) is 21.8 Å². The molecule has 1 aromatic rings. The third-order valence-electron chi connectivity index (χ3n) is 3.62. The number of aliphatic carboxylic acids is 1. The van der Waals surface area contributed by atoms with Gasteiger partial charge >= 0.3 is 5.97 Å².